The van der Waals surface area contributed by atoms with E-state index in [2.05, 4.69) is 25.8 Å². The number of methoxy groups -OCH3 is 1. The summed E-state index contributed by atoms with van der Waals surface area (Å²) < 4.78 is 5.32. The number of hydrogen-bond donors (Lipinski definition) is 2. The van der Waals surface area contributed by atoms with Crippen LogP contribution in [0.4, 0.5) is 17.5 Å². The Balaban J connectivity index is 1.70. The zero-order chi connectivity index (χ0) is 15.2. The molecule has 1 aliphatic carbocycles. The fraction of sp³-hybridized carbons (Fsp3) is 0.438. The summed E-state index contributed by atoms with van der Waals surface area (Å²) in [6, 6.07) is 8.15. The topological polar surface area (TPSA) is 72.0 Å². The van der Waals surface area contributed by atoms with Crippen LogP contribution < -0.4 is 15.4 Å². The van der Waals surface area contributed by atoms with Gasteiger partial charge in [-0.2, -0.15) is 10.1 Å². The monoisotopic (exact) mass is 299 g/mol. The van der Waals surface area contributed by atoms with E-state index in [1.165, 1.54) is 32.1 Å². The van der Waals surface area contributed by atoms with Gasteiger partial charge in [0.2, 0.25) is 5.95 Å². The molecule has 1 aromatic heterocycles. The molecular formula is C16H21N5O. The predicted molar refractivity (Wildman–Crippen MR) is 86.6 cm³/mol. The second-order valence-electron chi connectivity index (χ2n) is 5.47. The van der Waals surface area contributed by atoms with E-state index in [1.54, 1.807) is 13.3 Å². The summed E-state index contributed by atoms with van der Waals surface area (Å²) in [7, 11) is 1.64. The third-order valence-corrected chi connectivity index (χ3v) is 3.87. The molecule has 1 aromatic carbocycles. The van der Waals surface area contributed by atoms with Crippen LogP contribution in [0.3, 0.4) is 0 Å². The van der Waals surface area contributed by atoms with E-state index in [1.807, 2.05) is 24.3 Å². The molecule has 116 valence electrons. The van der Waals surface area contributed by atoms with Gasteiger partial charge in [0.25, 0.3) is 0 Å². The van der Waals surface area contributed by atoms with Crippen molar-refractivity contribution in [1.29, 1.82) is 0 Å². The van der Waals surface area contributed by atoms with Crippen LogP contribution in [0.15, 0.2) is 30.5 Å². The summed E-state index contributed by atoms with van der Waals surface area (Å²) in [5.41, 5.74) is 0.821. The summed E-state index contributed by atoms with van der Waals surface area (Å²) in [6.45, 7) is 0. The molecular weight excluding hydrogens is 278 g/mol. The fourth-order valence-electron chi connectivity index (χ4n) is 2.75. The minimum atomic E-state index is 0.463. The first-order chi connectivity index (χ1) is 10.8. The van der Waals surface area contributed by atoms with Crippen LogP contribution in [0.5, 0.6) is 5.75 Å². The molecule has 0 spiro atoms. The van der Waals surface area contributed by atoms with Crippen molar-refractivity contribution >= 4 is 17.5 Å². The van der Waals surface area contributed by atoms with E-state index in [9.17, 15) is 0 Å². The first-order valence-corrected chi connectivity index (χ1v) is 7.71. The number of ether oxygens (including phenoxy) is 1. The smallest absolute Gasteiger partial charge is 0.249 e. The van der Waals surface area contributed by atoms with Crippen LogP contribution >= 0.6 is 0 Å². The van der Waals surface area contributed by atoms with E-state index in [-0.39, 0.29) is 0 Å². The zero-order valence-corrected chi connectivity index (χ0v) is 12.7. The van der Waals surface area contributed by atoms with E-state index in [0.717, 1.165) is 17.3 Å². The Morgan fingerprint density at radius 1 is 1.14 bits per heavy atom. The SMILES string of the molecule is COc1ccccc1Nc1nncc(NC2CCCCC2)n1. The Morgan fingerprint density at radius 2 is 1.95 bits per heavy atom. The number of aromatic nitrogens is 3. The maximum absolute atomic E-state index is 5.32. The van der Waals surface area contributed by atoms with Gasteiger partial charge in [-0.3, -0.25) is 0 Å². The summed E-state index contributed by atoms with van der Waals surface area (Å²) in [4.78, 5) is 4.49. The van der Waals surface area contributed by atoms with Gasteiger partial charge in [0.1, 0.15) is 5.75 Å². The average molecular weight is 299 g/mol. The summed E-state index contributed by atoms with van der Waals surface area (Å²) in [5, 5.41) is 14.7. The molecule has 6 nitrogen and oxygen atoms in total. The minimum Gasteiger partial charge on any atom is -0.495 e. The number of hydrogen-bond acceptors (Lipinski definition) is 6. The lowest BCUT2D eigenvalue weighted by atomic mass is 9.96. The van der Waals surface area contributed by atoms with Crippen molar-refractivity contribution in [3.63, 3.8) is 0 Å². The maximum atomic E-state index is 5.32. The molecule has 22 heavy (non-hydrogen) atoms. The quantitative estimate of drug-likeness (QED) is 0.882. The third-order valence-electron chi connectivity index (χ3n) is 3.87. The first kappa shape index (κ1) is 14.6. The molecule has 0 amide bonds. The molecule has 0 radical (unpaired) electrons. The molecule has 2 aromatic rings. The van der Waals surface area contributed by atoms with Gasteiger partial charge in [0.05, 0.1) is 19.0 Å². The Hall–Kier alpha value is -2.37. The van der Waals surface area contributed by atoms with E-state index in [4.69, 9.17) is 4.74 Å². The lowest BCUT2D eigenvalue weighted by molar-refractivity contribution is 0.417. The highest BCUT2D eigenvalue weighted by Crippen LogP contribution is 2.26. The molecule has 1 aliphatic rings. The van der Waals surface area contributed by atoms with Gasteiger partial charge in [-0.25, -0.2) is 0 Å². The highest BCUT2D eigenvalue weighted by atomic mass is 16.5. The van der Waals surface area contributed by atoms with Crippen molar-refractivity contribution in [2.45, 2.75) is 38.1 Å². The number of nitrogens with one attached hydrogen (secondary N) is 2. The standard InChI is InChI=1S/C16H21N5O/c1-22-14-10-6-5-9-13(14)19-16-20-15(11-17-21-16)18-12-7-3-2-4-8-12/h5-6,9-12H,2-4,7-8H2,1H3,(H2,18,19,20,21). The van der Waals surface area contributed by atoms with Gasteiger partial charge in [-0.1, -0.05) is 31.4 Å². The van der Waals surface area contributed by atoms with Crippen LogP contribution in [0.2, 0.25) is 0 Å². The van der Waals surface area contributed by atoms with Crippen molar-refractivity contribution in [2.24, 2.45) is 0 Å². The second-order valence-corrected chi connectivity index (χ2v) is 5.47. The lowest BCUT2D eigenvalue weighted by Gasteiger charge is -2.23. The van der Waals surface area contributed by atoms with Gasteiger partial charge in [-0.05, 0) is 25.0 Å². The van der Waals surface area contributed by atoms with Crippen molar-refractivity contribution in [1.82, 2.24) is 15.2 Å². The normalized spacial score (nSPS) is 15.3. The highest BCUT2D eigenvalue weighted by Gasteiger charge is 2.14. The molecule has 0 unspecified atom stereocenters. The van der Waals surface area contributed by atoms with Crippen LogP contribution in [0, 0.1) is 0 Å². The Labute approximate surface area is 130 Å². The van der Waals surface area contributed by atoms with Crippen LogP contribution in [-0.2, 0) is 0 Å². The summed E-state index contributed by atoms with van der Waals surface area (Å²) in [6.07, 6.45) is 7.95. The molecule has 0 aliphatic heterocycles. The van der Waals surface area contributed by atoms with E-state index < -0.39 is 0 Å². The van der Waals surface area contributed by atoms with E-state index >= 15 is 0 Å². The van der Waals surface area contributed by atoms with Crippen molar-refractivity contribution in [3.8, 4) is 5.75 Å². The molecule has 0 saturated heterocycles. The van der Waals surface area contributed by atoms with E-state index in [0.29, 0.717) is 12.0 Å². The van der Waals surface area contributed by atoms with Crippen molar-refractivity contribution in [2.75, 3.05) is 17.7 Å². The lowest BCUT2D eigenvalue weighted by Crippen LogP contribution is -2.23. The molecule has 1 fully saturated rings. The Kier molecular flexibility index (Phi) is 4.68. The van der Waals surface area contributed by atoms with Gasteiger partial charge in [0.15, 0.2) is 5.82 Å². The van der Waals surface area contributed by atoms with Crippen molar-refractivity contribution in [3.05, 3.63) is 30.5 Å². The second kappa shape index (κ2) is 7.06. The zero-order valence-electron chi connectivity index (χ0n) is 12.7. The number of rotatable bonds is 5. The summed E-state index contributed by atoms with van der Waals surface area (Å²) in [5.74, 6) is 1.97. The van der Waals surface area contributed by atoms with Crippen molar-refractivity contribution < 1.29 is 4.74 Å². The van der Waals surface area contributed by atoms with Crippen LogP contribution in [0.1, 0.15) is 32.1 Å². The Morgan fingerprint density at radius 3 is 2.77 bits per heavy atom. The fourth-order valence-corrected chi connectivity index (χ4v) is 2.75. The average Bonchev–Trinajstić information content (AvgIpc) is 2.57. The minimum absolute atomic E-state index is 0.463. The molecule has 6 heteroatoms. The molecule has 1 heterocycles. The number of benzene rings is 1. The number of anilines is 3. The molecule has 2 N–H and O–H groups in total. The number of para-hydroxylation sites is 2. The van der Waals surface area contributed by atoms with Gasteiger partial charge in [-0.15, -0.1) is 5.10 Å². The molecule has 3 rings (SSSR count). The van der Waals surface area contributed by atoms with Crippen LogP contribution in [-0.4, -0.2) is 28.3 Å². The molecule has 1 saturated carbocycles. The molecule has 0 atom stereocenters. The maximum Gasteiger partial charge on any atom is 0.249 e. The van der Waals surface area contributed by atoms with Gasteiger partial charge in [0, 0.05) is 6.04 Å². The van der Waals surface area contributed by atoms with Gasteiger partial charge < -0.3 is 15.4 Å². The van der Waals surface area contributed by atoms with Gasteiger partial charge >= 0.3 is 0 Å². The van der Waals surface area contributed by atoms with Crippen LogP contribution in [0.25, 0.3) is 0 Å². The largest absolute Gasteiger partial charge is 0.495 e. The first-order valence-electron chi connectivity index (χ1n) is 7.71. The summed E-state index contributed by atoms with van der Waals surface area (Å²) >= 11 is 0. The Bertz CT molecular complexity index is 613. The predicted octanol–water partition coefficient (Wildman–Crippen LogP) is 3.37. The number of nitrogens with zero attached hydrogens (tertiary/aromatic N) is 3. The third kappa shape index (κ3) is 3.63. The molecule has 0 bridgehead atoms. The highest BCUT2D eigenvalue weighted by molar-refractivity contribution is 5.62.